The van der Waals surface area contributed by atoms with Gasteiger partial charge < -0.3 is 10.4 Å². The first kappa shape index (κ1) is 20.5. The van der Waals surface area contributed by atoms with E-state index in [0.29, 0.717) is 17.8 Å². The molecule has 0 saturated heterocycles. The van der Waals surface area contributed by atoms with Crippen molar-refractivity contribution in [1.29, 1.82) is 0 Å². The molecule has 2 N–H and O–H groups in total. The fraction of sp³-hybridized carbons (Fsp3) is 0.591. The molecule has 1 aromatic carbocycles. The maximum absolute atomic E-state index is 12.7. The Balaban J connectivity index is 1.56. The molecule has 0 aliphatic heterocycles. The molecule has 1 amide bonds. The van der Waals surface area contributed by atoms with Crippen molar-refractivity contribution in [2.24, 2.45) is 17.8 Å². The van der Waals surface area contributed by atoms with Gasteiger partial charge in [-0.3, -0.25) is 14.2 Å². The third kappa shape index (κ3) is 4.61. The van der Waals surface area contributed by atoms with Crippen LogP contribution in [0.4, 0.5) is 0 Å². The van der Waals surface area contributed by atoms with Crippen molar-refractivity contribution in [2.45, 2.75) is 58.5 Å². The SMILES string of the molecule is CC[C@H](C)[C@@H](CO)NC(=O)C1CCC(Cn2cnc3ccccc3c2=O)CC1. The summed E-state index contributed by atoms with van der Waals surface area (Å²) in [5.41, 5.74) is 0.730. The first-order valence-electron chi connectivity index (χ1n) is 10.4. The molecule has 1 aromatic heterocycles. The lowest BCUT2D eigenvalue weighted by Gasteiger charge is -2.30. The molecule has 6 nitrogen and oxygen atoms in total. The van der Waals surface area contributed by atoms with E-state index in [1.807, 2.05) is 31.2 Å². The number of carbonyl (C=O) groups excluding carboxylic acids is 1. The summed E-state index contributed by atoms with van der Waals surface area (Å²) in [6.07, 6.45) is 6.05. The van der Waals surface area contributed by atoms with Gasteiger partial charge in [0.15, 0.2) is 0 Å². The Bertz CT molecular complexity index is 855. The summed E-state index contributed by atoms with van der Waals surface area (Å²) < 4.78 is 1.71. The number of fused-ring (bicyclic) bond motifs is 1. The highest BCUT2D eigenvalue weighted by atomic mass is 16.3. The fourth-order valence-electron chi connectivity index (χ4n) is 4.07. The number of hydrogen-bond donors (Lipinski definition) is 2. The molecule has 0 radical (unpaired) electrons. The topological polar surface area (TPSA) is 84.2 Å². The number of rotatable bonds is 7. The first-order valence-corrected chi connectivity index (χ1v) is 10.4. The number of amides is 1. The second kappa shape index (κ2) is 9.32. The van der Waals surface area contributed by atoms with Crippen molar-refractivity contribution in [1.82, 2.24) is 14.9 Å². The summed E-state index contributed by atoms with van der Waals surface area (Å²) in [5.74, 6) is 0.702. The highest BCUT2D eigenvalue weighted by Gasteiger charge is 2.28. The summed E-state index contributed by atoms with van der Waals surface area (Å²) in [6, 6.07) is 7.24. The summed E-state index contributed by atoms with van der Waals surface area (Å²) in [6.45, 7) is 4.74. The molecule has 0 bridgehead atoms. The van der Waals surface area contributed by atoms with Gasteiger partial charge in [0.05, 0.1) is 29.9 Å². The Morgan fingerprint density at radius 2 is 2.00 bits per heavy atom. The number of hydrogen-bond acceptors (Lipinski definition) is 4. The largest absolute Gasteiger partial charge is 0.394 e. The van der Waals surface area contributed by atoms with E-state index in [1.54, 1.807) is 10.9 Å². The van der Waals surface area contributed by atoms with Crippen LogP contribution in [0.5, 0.6) is 0 Å². The van der Waals surface area contributed by atoms with Crippen LogP contribution in [-0.2, 0) is 11.3 Å². The quantitative estimate of drug-likeness (QED) is 0.768. The zero-order chi connectivity index (χ0) is 20.1. The lowest BCUT2D eigenvalue weighted by molar-refractivity contribution is -0.127. The second-order valence-corrected chi connectivity index (χ2v) is 8.12. The van der Waals surface area contributed by atoms with Gasteiger partial charge in [-0.05, 0) is 49.7 Å². The van der Waals surface area contributed by atoms with E-state index in [9.17, 15) is 14.7 Å². The maximum atomic E-state index is 12.7. The van der Waals surface area contributed by atoms with Gasteiger partial charge in [0, 0.05) is 12.5 Å². The minimum atomic E-state index is -0.169. The van der Waals surface area contributed by atoms with Crippen molar-refractivity contribution in [3.63, 3.8) is 0 Å². The molecule has 3 rings (SSSR count). The summed E-state index contributed by atoms with van der Waals surface area (Å²) in [7, 11) is 0. The molecule has 1 aliphatic rings. The van der Waals surface area contributed by atoms with Crippen molar-refractivity contribution in [3.8, 4) is 0 Å². The molecule has 6 heteroatoms. The fourth-order valence-corrected chi connectivity index (χ4v) is 4.07. The Morgan fingerprint density at radius 1 is 1.29 bits per heavy atom. The number of aliphatic hydroxyl groups excluding tert-OH is 1. The molecule has 152 valence electrons. The molecule has 0 unspecified atom stereocenters. The Labute approximate surface area is 166 Å². The Morgan fingerprint density at radius 3 is 2.68 bits per heavy atom. The van der Waals surface area contributed by atoms with Crippen LogP contribution in [-0.4, -0.2) is 33.2 Å². The number of nitrogens with one attached hydrogen (secondary N) is 1. The van der Waals surface area contributed by atoms with Gasteiger partial charge in [0.2, 0.25) is 5.91 Å². The van der Waals surface area contributed by atoms with Gasteiger partial charge in [-0.15, -0.1) is 0 Å². The highest BCUT2D eigenvalue weighted by molar-refractivity contribution is 5.79. The molecule has 1 saturated carbocycles. The smallest absolute Gasteiger partial charge is 0.261 e. The predicted octanol–water partition coefficient (Wildman–Crippen LogP) is 2.73. The average Bonchev–Trinajstić information content (AvgIpc) is 2.74. The van der Waals surface area contributed by atoms with E-state index in [4.69, 9.17) is 0 Å². The van der Waals surface area contributed by atoms with Gasteiger partial charge in [-0.25, -0.2) is 4.98 Å². The van der Waals surface area contributed by atoms with Crippen molar-refractivity contribution >= 4 is 16.8 Å². The standard InChI is InChI=1S/C22H31N3O3/c1-3-15(2)20(13-26)24-21(27)17-10-8-16(9-11-17)12-25-14-23-19-7-5-4-6-18(19)22(25)28/h4-7,14-17,20,26H,3,8-13H2,1-2H3,(H,24,27)/t15-,16?,17?,20+/m0/s1. The van der Waals surface area contributed by atoms with Crippen LogP contribution in [0.15, 0.2) is 35.4 Å². The summed E-state index contributed by atoms with van der Waals surface area (Å²) >= 11 is 0. The van der Waals surface area contributed by atoms with E-state index in [0.717, 1.165) is 37.6 Å². The minimum Gasteiger partial charge on any atom is -0.394 e. The maximum Gasteiger partial charge on any atom is 0.261 e. The number of aromatic nitrogens is 2. The average molecular weight is 386 g/mol. The minimum absolute atomic E-state index is 0.000747. The van der Waals surface area contributed by atoms with Crippen LogP contribution in [0.1, 0.15) is 46.0 Å². The lowest BCUT2D eigenvalue weighted by Crippen LogP contribution is -2.45. The normalized spacial score (nSPS) is 22.0. The van der Waals surface area contributed by atoms with Crippen LogP contribution in [0, 0.1) is 17.8 Å². The molecule has 28 heavy (non-hydrogen) atoms. The second-order valence-electron chi connectivity index (χ2n) is 8.12. The van der Waals surface area contributed by atoms with Crippen molar-refractivity contribution in [3.05, 3.63) is 40.9 Å². The molecule has 2 atom stereocenters. The third-order valence-electron chi connectivity index (χ3n) is 6.26. The number of carbonyl (C=O) groups is 1. The number of nitrogens with zero attached hydrogens (tertiary/aromatic N) is 2. The van der Waals surface area contributed by atoms with E-state index >= 15 is 0 Å². The highest BCUT2D eigenvalue weighted by Crippen LogP contribution is 2.30. The van der Waals surface area contributed by atoms with Gasteiger partial charge in [-0.2, -0.15) is 0 Å². The Kier molecular flexibility index (Phi) is 6.83. The zero-order valence-corrected chi connectivity index (χ0v) is 16.8. The van der Waals surface area contributed by atoms with Crippen LogP contribution < -0.4 is 10.9 Å². The zero-order valence-electron chi connectivity index (χ0n) is 16.8. The van der Waals surface area contributed by atoms with E-state index in [2.05, 4.69) is 17.2 Å². The van der Waals surface area contributed by atoms with Gasteiger partial charge in [-0.1, -0.05) is 32.4 Å². The summed E-state index contributed by atoms with van der Waals surface area (Å²) in [4.78, 5) is 29.6. The predicted molar refractivity (Wildman–Crippen MR) is 110 cm³/mol. The van der Waals surface area contributed by atoms with Crippen LogP contribution in [0.2, 0.25) is 0 Å². The molecule has 1 fully saturated rings. The van der Waals surface area contributed by atoms with Crippen molar-refractivity contribution in [2.75, 3.05) is 6.61 Å². The van der Waals surface area contributed by atoms with Crippen LogP contribution >= 0.6 is 0 Å². The van der Waals surface area contributed by atoms with E-state index < -0.39 is 0 Å². The Hall–Kier alpha value is -2.21. The third-order valence-corrected chi connectivity index (χ3v) is 6.26. The molecule has 2 aromatic rings. The van der Waals surface area contributed by atoms with E-state index in [-0.39, 0.29) is 36.0 Å². The lowest BCUT2D eigenvalue weighted by atomic mass is 9.81. The number of benzene rings is 1. The summed E-state index contributed by atoms with van der Waals surface area (Å²) in [5, 5.41) is 13.2. The number of aliphatic hydroxyl groups is 1. The molecule has 1 aliphatic carbocycles. The van der Waals surface area contributed by atoms with Crippen LogP contribution in [0.3, 0.4) is 0 Å². The van der Waals surface area contributed by atoms with Crippen LogP contribution in [0.25, 0.3) is 10.9 Å². The first-order chi connectivity index (χ1) is 13.5. The molecular formula is C22H31N3O3. The van der Waals surface area contributed by atoms with Crippen molar-refractivity contribution < 1.29 is 9.90 Å². The molecule has 0 spiro atoms. The van der Waals surface area contributed by atoms with E-state index in [1.165, 1.54) is 0 Å². The van der Waals surface area contributed by atoms with Gasteiger partial charge in [0.1, 0.15) is 0 Å². The van der Waals surface area contributed by atoms with Gasteiger partial charge >= 0.3 is 0 Å². The molecular weight excluding hydrogens is 354 g/mol. The molecule has 1 heterocycles. The number of para-hydroxylation sites is 1. The van der Waals surface area contributed by atoms with Gasteiger partial charge in [0.25, 0.3) is 5.56 Å². The monoisotopic (exact) mass is 385 g/mol.